The molecule has 1 aromatic carbocycles. The second kappa shape index (κ2) is 7.17. The molecule has 19 heavy (non-hydrogen) atoms. The van der Waals surface area contributed by atoms with Crippen LogP contribution >= 0.6 is 0 Å². The maximum atomic E-state index is 11.3. The van der Waals surface area contributed by atoms with Gasteiger partial charge < -0.3 is 10.6 Å². The van der Waals surface area contributed by atoms with E-state index >= 15 is 0 Å². The minimum atomic E-state index is -0.276. The third-order valence-electron chi connectivity index (χ3n) is 3.61. The molecule has 0 saturated heterocycles. The lowest BCUT2D eigenvalue weighted by Gasteiger charge is -2.30. The summed E-state index contributed by atoms with van der Waals surface area (Å²) in [5.41, 5.74) is 9.11. The van der Waals surface area contributed by atoms with Gasteiger partial charge in [0.05, 0.1) is 6.54 Å². The summed E-state index contributed by atoms with van der Waals surface area (Å²) in [7, 11) is 0. The van der Waals surface area contributed by atoms with Gasteiger partial charge in [0.2, 0.25) is 5.91 Å². The van der Waals surface area contributed by atoms with E-state index in [9.17, 15) is 4.79 Å². The predicted octanol–water partition coefficient (Wildman–Crippen LogP) is 3.04. The normalized spacial score (nSPS) is 12.2. The Kier molecular flexibility index (Phi) is 5.87. The first-order valence-corrected chi connectivity index (χ1v) is 7.14. The van der Waals surface area contributed by atoms with Crippen molar-refractivity contribution in [2.75, 3.05) is 11.4 Å². The van der Waals surface area contributed by atoms with Gasteiger partial charge in [-0.3, -0.25) is 4.79 Å². The third kappa shape index (κ3) is 4.27. The molecule has 0 aliphatic rings. The highest BCUT2D eigenvalue weighted by atomic mass is 16.1. The summed E-state index contributed by atoms with van der Waals surface area (Å²) in [5.74, 6) is -0.276. The number of rotatable bonds is 7. The first-order chi connectivity index (χ1) is 8.99. The van der Waals surface area contributed by atoms with Crippen molar-refractivity contribution in [3.05, 3.63) is 29.3 Å². The van der Waals surface area contributed by atoms with Gasteiger partial charge in [-0.2, -0.15) is 0 Å². The Morgan fingerprint density at radius 3 is 2.58 bits per heavy atom. The van der Waals surface area contributed by atoms with Crippen LogP contribution in [0.25, 0.3) is 0 Å². The molecule has 0 spiro atoms. The second-order valence-electron chi connectivity index (χ2n) is 5.20. The van der Waals surface area contributed by atoms with Crippen LogP contribution in [0.3, 0.4) is 0 Å². The smallest absolute Gasteiger partial charge is 0.236 e. The Bertz CT molecular complexity index is 429. The Hall–Kier alpha value is -1.51. The second-order valence-corrected chi connectivity index (χ2v) is 5.20. The van der Waals surface area contributed by atoms with E-state index in [0.29, 0.717) is 6.04 Å². The zero-order valence-electron chi connectivity index (χ0n) is 12.6. The maximum absolute atomic E-state index is 11.3. The van der Waals surface area contributed by atoms with Crippen LogP contribution in [0, 0.1) is 6.92 Å². The molecule has 2 N–H and O–H groups in total. The van der Waals surface area contributed by atoms with Crippen molar-refractivity contribution in [1.82, 2.24) is 0 Å². The molecule has 0 aliphatic heterocycles. The van der Waals surface area contributed by atoms with E-state index in [1.54, 1.807) is 0 Å². The summed E-state index contributed by atoms with van der Waals surface area (Å²) >= 11 is 0. The predicted molar refractivity (Wildman–Crippen MR) is 81.5 cm³/mol. The zero-order valence-corrected chi connectivity index (χ0v) is 12.6. The van der Waals surface area contributed by atoms with Gasteiger partial charge in [-0.05, 0) is 49.9 Å². The molecule has 0 fully saturated rings. The van der Waals surface area contributed by atoms with E-state index in [1.165, 1.54) is 11.1 Å². The summed E-state index contributed by atoms with van der Waals surface area (Å²) in [6, 6.07) is 6.72. The number of anilines is 1. The molecule has 0 aromatic heterocycles. The Labute approximate surface area is 116 Å². The van der Waals surface area contributed by atoms with E-state index in [4.69, 9.17) is 5.73 Å². The lowest BCUT2D eigenvalue weighted by molar-refractivity contribution is -0.116. The van der Waals surface area contributed by atoms with Crippen LogP contribution < -0.4 is 10.6 Å². The van der Waals surface area contributed by atoms with Gasteiger partial charge >= 0.3 is 0 Å². The molecule has 0 radical (unpaired) electrons. The van der Waals surface area contributed by atoms with Gasteiger partial charge in [-0.1, -0.05) is 26.3 Å². The molecule has 1 aromatic rings. The highest BCUT2D eigenvalue weighted by Crippen LogP contribution is 2.23. The van der Waals surface area contributed by atoms with Crippen LogP contribution in [-0.2, 0) is 11.2 Å². The summed E-state index contributed by atoms with van der Waals surface area (Å²) in [6.45, 7) is 8.87. The van der Waals surface area contributed by atoms with Gasteiger partial charge in [-0.15, -0.1) is 0 Å². The number of primary amides is 1. The Morgan fingerprint density at radius 2 is 2.05 bits per heavy atom. The minimum Gasteiger partial charge on any atom is -0.368 e. The molecule has 3 heteroatoms. The summed E-state index contributed by atoms with van der Waals surface area (Å²) in [4.78, 5) is 13.4. The fraction of sp³-hybridized carbons (Fsp3) is 0.562. The SMILES string of the molecule is CCCC(C)N(CC(N)=O)c1ccc(C)c(CC)c1. The summed E-state index contributed by atoms with van der Waals surface area (Å²) in [6.07, 6.45) is 3.16. The molecule has 0 saturated carbocycles. The van der Waals surface area contributed by atoms with Crippen LogP contribution in [0.4, 0.5) is 5.69 Å². The lowest BCUT2D eigenvalue weighted by atomic mass is 10.0. The monoisotopic (exact) mass is 262 g/mol. The molecule has 3 nitrogen and oxygen atoms in total. The summed E-state index contributed by atoms with van der Waals surface area (Å²) in [5, 5.41) is 0. The zero-order chi connectivity index (χ0) is 14.4. The third-order valence-corrected chi connectivity index (χ3v) is 3.61. The first-order valence-electron chi connectivity index (χ1n) is 7.14. The van der Waals surface area contributed by atoms with Crippen LogP contribution in [0.2, 0.25) is 0 Å². The molecule has 0 aliphatic carbocycles. The van der Waals surface area contributed by atoms with Crippen molar-refractivity contribution in [2.24, 2.45) is 5.73 Å². The first kappa shape index (κ1) is 15.5. The average molecular weight is 262 g/mol. The standard InChI is InChI=1S/C16H26N2O/c1-5-7-13(4)18(11-16(17)19)15-9-8-12(3)14(6-2)10-15/h8-10,13H,5-7,11H2,1-4H3,(H2,17,19). The Balaban J connectivity index is 3.05. The fourth-order valence-electron chi connectivity index (χ4n) is 2.46. The fourth-order valence-corrected chi connectivity index (χ4v) is 2.46. The molecule has 0 bridgehead atoms. The molecular formula is C16H26N2O. The van der Waals surface area contributed by atoms with Crippen molar-refractivity contribution in [3.8, 4) is 0 Å². The lowest BCUT2D eigenvalue weighted by Crippen LogP contribution is -2.40. The van der Waals surface area contributed by atoms with E-state index in [0.717, 1.165) is 24.9 Å². The molecular weight excluding hydrogens is 236 g/mol. The van der Waals surface area contributed by atoms with Crippen LogP contribution in [0.1, 0.15) is 44.7 Å². The van der Waals surface area contributed by atoms with Crippen LogP contribution in [0.5, 0.6) is 0 Å². The topological polar surface area (TPSA) is 46.3 Å². The largest absolute Gasteiger partial charge is 0.368 e. The number of nitrogens with zero attached hydrogens (tertiary/aromatic N) is 1. The number of hydrogen-bond acceptors (Lipinski definition) is 2. The quantitative estimate of drug-likeness (QED) is 0.821. The minimum absolute atomic E-state index is 0.276. The summed E-state index contributed by atoms with van der Waals surface area (Å²) < 4.78 is 0. The van der Waals surface area contributed by atoms with Crippen LogP contribution in [-0.4, -0.2) is 18.5 Å². The van der Waals surface area contributed by atoms with E-state index in [-0.39, 0.29) is 12.5 Å². The number of carbonyl (C=O) groups excluding carboxylic acids is 1. The Morgan fingerprint density at radius 1 is 1.37 bits per heavy atom. The van der Waals surface area contributed by atoms with Crippen molar-refractivity contribution in [2.45, 2.75) is 53.0 Å². The number of hydrogen-bond donors (Lipinski definition) is 1. The molecule has 0 heterocycles. The van der Waals surface area contributed by atoms with Crippen molar-refractivity contribution in [1.29, 1.82) is 0 Å². The number of aryl methyl sites for hydroxylation is 2. The highest BCUT2D eigenvalue weighted by molar-refractivity contribution is 5.79. The number of carbonyl (C=O) groups is 1. The van der Waals surface area contributed by atoms with Gasteiger partial charge in [0.1, 0.15) is 0 Å². The van der Waals surface area contributed by atoms with E-state index < -0.39 is 0 Å². The molecule has 1 unspecified atom stereocenters. The van der Waals surface area contributed by atoms with Crippen molar-refractivity contribution < 1.29 is 4.79 Å². The number of amides is 1. The number of nitrogens with two attached hydrogens (primary N) is 1. The molecule has 1 atom stereocenters. The van der Waals surface area contributed by atoms with Gasteiger partial charge in [0.25, 0.3) is 0 Å². The molecule has 1 amide bonds. The van der Waals surface area contributed by atoms with Crippen molar-refractivity contribution >= 4 is 11.6 Å². The van der Waals surface area contributed by atoms with E-state index in [1.807, 2.05) is 0 Å². The van der Waals surface area contributed by atoms with Crippen LogP contribution in [0.15, 0.2) is 18.2 Å². The molecule has 106 valence electrons. The highest BCUT2D eigenvalue weighted by Gasteiger charge is 2.16. The van der Waals surface area contributed by atoms with E-state index in [2.05, 4.69) is 50.8 Å². The molecule has 1 rings (SSSR count). The van der Waals surface area contributed by atoms with Crippen molar-refractivity contribution in [3.63, 3.8) is 0 Å². The average Bonchev–Trinajstić information content (AvgIpc) is 2.37. The maximum Gasteiger partial charge on any atom is 0.236 e. The van der Waals surface area contributed by atoms with Gasteiger partial charge in [0, 0.05) is 11.7 Å². The van der Waals surface area contributed by atoms with Gasteiger partial charge in [0.15, 0.2) is 0 Å². The number of benzene rings is 1. The van der Waals surface area contributed by atoms with Gasteiger partial charge in [-0.25, -0.2) is 0 Å².